The summed E-state index contributed by atoms with van der Waals surface area (Å²) in [7, 11) is 0. The van der Waals surface area contributed by atoms with Crippen LogP contribution in [0.15, 0.2) is 36.5 Å². The average Bonchev–Trinajstić information content (AvgIpc) is 3.10. The second kappa shape index (κ2) is 17.6. The van der Waals surface area contributed by atoms with E-state index in [9.17, 15) is 0 Å². The summed E-state index contributed by atoms with van der Waals surface area (Å²) in [6, 6.07) is 0. The first-order chi connectivity index (χ1) is 8.00. The predicted octanol–water partition coefficient (Wildman–Crippen LogP) is 0.292. The Hall–Kier alpha value is 0.626. The van der Waals surface area contributed by atoms with Gasteiger partial charge in [0.05, 0.1) is 0 Å². The van der Waals surface area contributed by atoms with E-state index in [2.05, 4.69) is 24.3 Å². The van der Waals surface area contributed by atoms with Gasteiger partial charge in [-0.05, 0) is 6.42 Å². The molecule has 0 unspecified atom stereocenters. The molecule has 18 heavy (non-hydrogen) atoms. The molecule has 1 nitrogen and oxygen atoms in total. The summed E-state index contributed by atoms with van der Waals surface area (Å²) >= 11 is 0.00849. The van der Waals surface area contributed by atoms with E-state index in [-0.39, 0.29) is 55.6 Å². The summed E-state index contributed by atoms with van der Waals surface area (Å²) in [5.74, 6) is 0. The molecule has 0 amide bonds. The molecule has 0 aromatic heterocycles. The van der Waals surface area contributed by atoms with Crippen molar-refractivity contribution in [2.24, 2.45) is 0 Å². The molecule has 0 saturated carbocycles. The molecule has 1 saturated heterocycles. The van der Waals surface area contributed by atoms with E-state index in [0.29, 0.717) is 0 Å². The Labute approximate surface area is 145 Å². The topological polar surface area (TPSA) is 9.23 Å². The molecular weight excluding hydrogens is 338 g/mol. The van der Waals surface area contributed by atoms with Crippen LogP contribution in [0.3, 0.4) is 0 Å². The fourth-order valence-corrected chi connectivity index (χ4v) is 2.54. The van der Waals surface area contributed by atoms with Crippen LogP contribution in [0.1, 0.15) is 27.1 Å². The molecule has 0 aromatic carbocycles. The van der Waals surface area contributed by atoms with E-state index in [1.54, 1.807) is 0 Å². The zero-order valence-electron chi connectivity index (χ0n) is 11.7. The van der Waals surface area contributed by atoms with Crippen molar-refractivity contribution in [1.82, 2.24) is 0 Å². The number of allylic oxidation sites excluding steroid dienone is 8. The fourth-order valence-electron chi connectivity index (χ4n) is 1.37. The zero-order valence-corrected chi connectivity index (χ0v) is 15.3. The molecule has 2 aliphatic carbocycles. The van der Waals surface area contributed by atoms with Gasteiger partial charge in [0, 0.05) is 6.61 Å². The number of hydrogen-bond donors (Lipinski definition) is 0. The summed E-state index contributed by atoms with van der Waals surface area (Å²) in [5, 5.41) is 1.42. The van der Waals surface area contributed by atoms with E-state index < -0.39 is 0 Å². The molecule has 3 rings (SSSR count). The molecule has 0 bridgehead atoms. The smallest absolute Gasteiger partial charge is 1.00 e. The quantitative estimate of drug-likeness (QED) is 0.447. The van der Waals surface area contributed by atoms with Crippen LogP contribution in [0.25, 0.3) is 0 Å². The van der Waals surface area contributed by atoms with E-state index >= 15 is 0 Å². The third kappa shape index (κ3) is 14.7. The minimum atomic E-state index is 0. The molecule has 4 heteroatoms. The maximum Gasteiger partial charge on any atom is 4.00 e. The van der Waals surface area contributed by atoms with Crippen molar-refractivity contribution in [2.45, 2.75) is 31.0 Å². The van der Waals surface area contributed by atoms with Gasteiger partial charge in [-0.2, -0.15) is 12.2 Å². The van der Waals surface area contributed by atoms with Gasteiger partial charge in [0.25, 0.3) is 0 Å². The van der Waals surface area contributed by atoms with E-state index in [0.717, 1.165) is 19.4 Å². The van der Waals surface area contributed by atoms with Gasteiger partial charge in [0.15, 0.2) is 0 Å². The summed E-state index contributed by atoms with van der Waals surface area (Å²) in [5.41, 5.74) is 0. The van der Waals surface area contributed by atoms with Gasteiger partial charge >= 0.3 is 41.8 Å². The number of hydrogen-bond acceptors (Lipinski definition) is 1. The fraction of sp³-hybridized carbons (Fsp3) is 0.429. The molecular formula is C14H20AlClOZr. The van der Waals surface area contributed by atoms with E-state index in [4.69, 9.17) is 3.79 Å². The van der Waals surface area contributed by atoms with Crippen LogP contribution in [0.5, 0.6) is 0 Å². The van der Waals surface area contributed by atoms with Gasteiger partial charge in [-0.15, -0.1) is 12.8 Å². The first kappa shape index (κ1) is 20.9. The molecule has 0 spiro atoms. The minimum Gasteiger partial charge on any atom is -1.00 e. The maximum absolute atomic E-state index is 5.21. The predicted molar refractivity (Wildman–Crippen MR) is 71.4 cm³/mol. The summed E-state index contributed by atoms with van der Waals surface area (Å²) < 4.78 is 5.21. The molecule has 3 aliphatic rings. The van der Waals surface area contributed by atoms with Crippen molar-refractivity contribution in [3.8, 4) is 0 Å². The third-order valence-corrected chi connectivity index (χ3v) is 3.62. The zero-order chi connectivity index (χ0) is 11.3. The van der Waals surface area contributed by atoms with Gasteiger partial charge in [-0.1, -0.05) is 11.7 Å². The Morgan fingerprint density at radius 3 is 1.72 bits per heavy atom. The largest absolute Gasteiger partial charge is 4.00 e. The van der Waals surface area contributed by atoms with Gasteiger partial charge in [0.1, 0.15) is 0 Å². The average molecular weight is 358 g/mol. The standard InChI is InChI=1S/2C5H5.C4H8O.Al.ClH.Zr.2H/c2*1-2-4-5-3-1;1-2-3-4-5;;;;;/h2*1-3H,4H2;1-4H2;;1H;;;/q3*-1;+1;;+4;;-1/p-1. The maximum atomic E-state index is 5.21. The van der Waals surface area contributed by atoms with Gasteiger partial charge in [-0.25, -0.2) is 24.3 Å². The van der Waals surface area contributed by atoms with Crippen LogP contribution in [0, 0.1) is 12.2 Å². The van der Waals surface area contributed by atoms with Crippen molar-refractivity contribution < 1.29 is 43.8 Å². The Morgan fingerprint density at radius 1 is 1.00 bits per heavy atom. The molecule has 96 valence electrons. The Bertz CT molecular complexity index is 223. The minimum absolute atomic E-state index is 0. The van der Waals surface area contributed by atoms with Crippen LogP contribution in [-0.2, 0) is 30.0 Å². The van der Waals surface area contributed by atoms with Gasteiger partial charge < -0.3 is 17.6 Å². The Kier molecular flexibility index (Phi) is 20.5. The summed E-state index contributed by atoms with van der Waals surface area (Å²) in [4.78, 5) is 0. The first-order valence-corrected chi connectivity index (χ1v) is 7.59. The molecule has 1 aliphatic heterocycles. The van der Waals surface area contributed by atoms with Crippen molar-refractivity contribution in [3.05, 3.63) is 48.6 Å². The third-order valence-electron chi connectivity index (χ3n) is 2.25. The Morgan fingerprint density at radius 2 is 1.61 bits per heavy atom. The van der Waals surface area contributed by atoms with Crippen LogP contribution in [-0.4, -0.2) is 22.2 Å². The van der Waals surface area contributed by atoms with E-state index in [1.807, 2.05) is 24.3 Å². The number of rotatable bonds is 0. The molecule has 0 N–H and O–H groups in total. The molecule has 1 fully saturated rings. The first-order valence-electron chi connectivity index (χ1n) is 6.01. The van der Waals surface area contributed by atoms with Crippen molar-refractivity contribution >= 4 is 15.6 Å². The monoisotopic (exact) mass is 356 g/mol. The van der Waals surface area contributed by atoms with Crippen LogP contribution in [0.4, 0.5) is 0 Å². The van der Waals surface area contributed by atoms with Crippen LogP contribution >= 0.6 is 0 Å². The second-order valence-corrected chi connectivity index (χ2v) is 5.20. The van der Waals surface area contributed by atoms with Gasteiger partial charge in [-0.3, -0.25) is 12.2 Å². The molecule has 1 heterocycles. The van der Waals surface area contributed by atoms with Crippen LogP contribution in [0.2, 0.25) is 5.28 Å². The molecule has 0 aromatic rings. The molecule has 0 atom stereocenters. The van der Waals surface area contributed by atoms with Crippen molar-refractivity contribution in [2.75, 3.05) is 6.61 Å². The normalized spacial score (nSPS) is 17.3. The van der Waals surface area contributed by atoms with Crippen molar-refractivity contribution in [1.29, 1.82) is 0 Å². The SMILES string of the molecule is C1C[CH2][AlH][O]C1.[C-]1=CC=CC1.[C-]1=CC=CC1.[Cl-].[H-].[Zr+4]. The Balaban J connectivity index is -0.000000188. The summed E-state index contributed by atoms with van der Waals surface area (Å²) in [6.07, 6.45) is 22.7. The summed E-state index contributed by atoms with van der Waals surface area (Å²) in [6.45, 7) is 1.06. The molecule has 0 radical (unpaired) electrons. The number of halogens is 1. The van der Waals surface area contributed by atoms with Gasteiger partial charge in [0.2, 0.25) is 0 Å². The van der Waals surface area contributed by atoms with Crippen LogP contribution < -0.4 is 12.4 Å². The van der Waals surface area contributed by atoms with Crippen molar-refractivity contribution in [3.63, 3.8) is 0 Å². The van der Waals surface area contributed by atoms with E-state index in [1.165, 1.54) is 18.1 Å². The second-order valence-electron chi connectivity index (χ2n) is 3.68.